The van der Waals surface area contributed by atoms with Gasteiger partial charge in [0.05, 0.1) is 16.3 Å². The van der Waals surface area contributed by atoms with Gasteiger partial charge in [0.2, 0.25) is 21.8 Å². The Hall–Kier alpha value is -3.70. The highest BCUT2D eigenvalue weighted by Gasteiger charge is 2.63. The van der Waals surface area contributed by atoms with Crippen molar-refractivity contribution in [1.29, 1.82) is 0 Å². The molecule has 3 amide bonds. The van der Waals surface area contributed by atoms with Crippen molar-refractivity contribution in [3.8, 4) is 5.88 Å². The molecule has 5 unspecified atom stereocenters. The second-order valence-corrected chi connectivity index (χ2v) is 19.4. The molecule has 2 aliphatic heterocycles. The summed E-state index contributed by atoms with van der Waals surface area (Å²) in [5.74, 6) is -2.19. The highest BCUT2D eigenvalue weighted by molar-refractivity contribution is 9.10. The van der Waals surface area contributed by atoms with E-state index in [1.807, 2.05) is 12.2 Å². The van der Waals surface area contributed by atoms with Gasteiger partial charge in [-0.05, 0) is 95.1 Å². The topological polar surface area (TPSA) is 186 Å². The van der Waals surface area contributed by atoms with Crippen LogP contribution >= 0.6 is 15.9 Å². The molecule has 14 nitrogen and oxygen atoms in total. The summed E-state index contributed by atoms with van der Waals surface area (Å²) >= 11 is 3.33. The minimum absolute atomic E-state index is 0.0772. The Morgan fingerprint density at radius 3 is 2.57 bits per heavy atom. The van der Waals surface area contributed by atoms with Crippen molar-refractivity contribution in [2.75, 3.05) is 13.1 Å². The maximum absolute atomic E-state index is 14.4. The molecule has 0 radical (unpaired) electrons. The number of aryl methyl sites for hydroxylation is 1. The summed E-state index contributed by atoms with van der Waals surface area (Å²) in [6, 6.07) is 1.55. The minimum Gasteiger partial charge on any atom is -0.472 e. The van der Waals surface area contributed by atoms with Crippen LogP contribution in [-0.2, 0) is 29.1 Å². The summed E-state index contributed by atoms with van der Waals surface area (Å²) in [5, 5.41) is 5.71. The third-order valence-electron chi connectivity index (χ3n) is 10.7. The summed E-state index contributed by atoms with van der Waals surface area (Å²) in [5.41, 5.74) is -2.69. The predicted octanol–water partition coefficient (Wildman–Crippen LogP) is 4.52. The average molecular weight is 836 g/mol. The number of ether oxygens (including phenoxy) is 2. The molecular weight excluding hydrogens is 787 g/mol. The van der Waals surface area contributed by atoms with E-state index in [1.54, 1.807) is 39.5 Å². The van der Waals surface area contributed by atoms with E-state index in [1.165, 1.54) is 12.1 Å². The van der Waals surface area contributed by atoms with Crippen molar-refractivity contribution in [3.63, 3.8) is 0 Å². The molecule has 5 atom stereocenters. The number of aldehydes is 1. The monoisotopic (exact) mass is 834 g/mol. The van der Waals surface area contributed by atoms with Gasteiger partial charge in [0.25, 0.3) is 5.91 Å². The number of aromatic nitrogens is 2. The first-order chi connectivity index (χ1) is 25.3. The lowest BCUT2D eigenvalue weighted by Gasteiger charge is -2.36. The number of allylic oxidation sites excluding steroid dienone is 1. The summed E-state index contributed by atoms with van der Waals surface area (Å²) in [4.78, 5) is 65.3. The quantitative estimate of drug-likeness (QED) is 0.263. The van der Waals surface area contributed by atoms with Crippen molar-refractivity contribution in [1.82, 2.24) is 30.2 Å². The molecule has 17 heteroatoms. The van der Waals surface area contributed by atoms with E-state index < -0.39 is 73.2 Å². The first-order valence-electron chi connectivity index (χ1n) is 18.3. The molecule has 4 aliphatic rings. The van der Waals surface area contributed by atoms with E-state index >= 15 is 0 Å². The second-order valence-electron chi connectivity index (χ2n) is 16.4. The van der Waals surface area contributed by atoms with Crippen molar-refractivity contribution in [2.45, 2.75) is 126 Å². The van der Waals surface area contributed by atoms with Gasteiger partial charge in [0.1, 0.15) is 46.1 Å². The van der Waals surface area contributed by atoms with Crippen LogP contribution in [0.3, 0.4) is 0 Å². The fourth-order valence-electron chi connectivity index (χ4n) is 7.20. The van der Waals surface area contributed by atoms with Gasteiger partial charge >= 0.3 is 6.09 Å². The Labute approximate surface area is 322 Å². The molecule has 294 valence electrons. The van der Waals surface area contributed by atoms with Crippen LogP contribution in [-0.4, -0.2) is 94.1 Å². The minimum atomic E-state index is -4.00. The van der Waals surface area contributed by atoms with Gasteiger partial charge in [0.15, 0.2) is 0 Å². The van der Waals surface area contributed by atoms with Crippen LogP contribution in [0.2, 0.25) is 0 Å². The zero-order chi connectivity index (χ0) is 39.3. The van der Waals surface area contributed by atoms with Gasteiger partial charge in [0, 0.05) is 36.0 Å². The number of amides is 3. The lowest BCUT2D eigenvalue weighted by atomic mass is 9.92. The Kier molecular flexibility index (Phi) is 10.9. The first-order valence-corrected chi connectivity index (χ1v) is 20.6. The molecule has 3 fully saturated rings. The van der Waals surface area contributed by atoms with Crippen LogP contribution in [0.1, 0.15) is 91.2 Å². The van der Waals surface area contributed by atoms with Gasteiger partial charge in [-0.2, -0.15) is 0 Å². The standard InChI is InChI=1S/C37H48BrFN6O8S/c1-22-31(41-27-16-24(39)15-26(38)29(27)40-22)52-25-17-28-30(47)42-37(32(48)44-54(50,51)35(5)13-14-35)18-23(37)11-9-7-6-8-10-12-36(21-46,20-45(28)19-25)43-33(49)53-34(2,3)4/h9,11,15-16,21,23,25,28H,6-8,10,12-14,17-20H2,1-5H3,(H,42,47)(H,43,49)(H,44,48). The second kappa shape index (κ2) is 14.8. The lowest BCUT2D eigenvalue weighted by molar-refractivity contribution is -0.132. The van der Waals surface area contributed by atoms with E-state index in [4.69, 9.17) is 9.47 Å². The number of sulfonamides is 1. The molecule has 3 heterocycles. The molecule has 3 N–H and O–H groups in total. The summed E-state index contributed by atoms with van der Waals surface area (Å²) < 4.78 is 54.1. The number of fused-ring (bicyclic) bond motifs is 3. The molecule has 2 aromatic rings. The van der Waals surface area contributed by atoms with Gasteiger partial charge in [-0.3, -0.25) is 19.2 Å². The number of hydrogen-bond donors (Lipinski definition) is 3. The Morgan fingerprint density at radius 1 is 1.15 bits per heavy atom. The molecule has 1 saturated heterocycles. The number of carbonyl (C=O) groups is 4. The smallest absolute Gasteiger partial charge is 0.408 e. The van der Waals surface area contributed by atoms with Gasteiger partial charge in [-0.1, -0.05) is 25.0 Å². The van der Waals surface area contributed by atoms with E-state index in [9.17, 15) is 32.0 Å². The van der Waals surface area contributed by atoms with Crippen LogP contribution in [0, 0.1) is 18.7 Å². The molecule has 1 aromatic heterocycles. The van der Waals surface area contributed by atoms with Crippen molar-refractivity contribution in [3.05, 3.63) is 40.3 Å². The third-order valence-corrected chi connectivity index (χ3v) is 13.4. The number of hydrogen-bond acceptors (Lipinski definition) is 11. The molecular formula is C37H48BrFN6O8S. The highest BCUT2D eigenvalue weighted by Crippen LogP contribution is 2.47. The van der Waals surface area contributed by atoms with E-state index in [-0.39, 0.29) is 43.7 Å². The zero-order valence-corrected chi connectivity index (χ0v) is 33.6. The number of alkyl carbamates (subject to hydrolysis) is 1. The Bertz CT molecular complexity index is 1990. The number of carbonyl (C=O) groups excluding carboxylic acids is 4. The maximum Gasteiger partial charge on any atom is 0.408 e. The SMILES string of the molecule is Cc1nc2c(Br)cc(F)cc2nc1OC1CC2C(=O)NC3(C(=O)NS(=O)(=O)C4(C)CC4)CC3C=CCCCCCC(C=O)(NC(=O)OC(C)(C)C)CN2C1. The number of rotatable bonds is 7. The molecule has 0 spiro atoms. The molecule has 1 aromatic carbocycles. The van der Waals surface area contributed by atoms with Crippen LogP contribution < -0.4 is 20.1 Å². The molecule has 0 bridgehead atoms. The zero-order valence-electron chi connectivity index (χ0n) is 31.2. The number of nitrogens with zero attached hydrogens (tertiary/aromatic N) is 3. The number of nitrogens with one attached hydrogen (secondary N) is 3. The number of halogens is 2. The van der Waals surface area contributed by atoms with Crippen molar-refractivity contribution < 1.29 is 41.5 Å². The van der Waals surface area contributed by atoms with Crippen LogP contribution in [0.25, 0.3) is 11.0 Å². The number of benzene rings is 1. The van der Waals surface area contributed by atoms with Crippen LogP contribution in [0.4, 0.5) is 9.18 Å². The first kappa shape index (κ1) is 40.0. The molecule has 54 heavy (non-hydrogen) atoms. The lowest BCUT2D eigenvalue weighted by Crippen LogP contribution is -2.61. The van der Waals surface area contributed by atoms with E-state index in [2.05, 4.69) is 41.3 Å². The third kappa shape index (κ3) is 8.57. The fraction of sp³-hybridized carbons (Fsp3) is 0.622. The van der Waals surface area contributed by atoms with E-state index in [0.717, 1.165) is 12.8 Å². The summed E-state index contributed by atoms with van der Waals surface area (Å²) in [7, 11) is -4.00. The van der Waals surface area contributed by atoms with Crippen LogP contribution in [0.15, 0.2) is 28.8 Å². The largest absolute Gasteiger partial charge is 0.472 e. The van der Waals surface area contributed by atoms with Crippen molar-refractivity contribution in [2.24, 2.45) is 5.92 Å². The predicted molar refractivity (Wildman–Crippen MR) is 200 cm³/mol. The van der Waals surface area contributed by atoms with E-state index in [0.29, 0.717) is 47.7 Å². The highest BCUT2D eigenvalue weighted by atomic mass is 79.9. The molecule has 2 aliphatic carbocycles. The molecule has 6 rings (SSSR count). The van der Waals surface area contributed by atoms with Crippen LogP contribution in [0.5, 0.6) is 5.88 Å². The van der Waals surface area contributed by atoms with Gasteiger partial charge in [-0.25, -0.2) is 27.6 Å². The summed E-state index contributed by atoms with van der Waals surface area (Å²) in [6.45, 7) is 8.42. The van der Waals surface area contributed by atoms with Gasteiger partial charge in [-0.15, -0.1) is 0 Å². The average Bonchev–Trinajstić information content (AvgIpc) is 3.95. The fourth-order valence-corrected chi connectivity index (χ4v) is 9.02. The molecule has 2 saturated carbocycles. The maximum atomic E-state index is 14.4. The van der Waals surface area contributed by atoms with Gasteiger partial charge < -0.3 is 24.9 Å². The summed E-state index contributed by atoms with van der Waals surface area (Å²) in [6.07, 6.45) is 7.12. The van der Waals surface area contributed by atoms with Crippen molar-refractivity contribution >= 4 is 61.2 Å². The normalized spacial score (nSPS) is 28.7. The Balaban J connectivity index is 1.33. The Morgan fingerprint density at radius 2 is 1.89 bits per heavy atom.